The number of aromatic amines is 1. The summed E-state index contributed by atoms with van der Waals surface area (Å²) < 4.78 is 29.1. The first-order valence-electron chi connectivity index (χ1n) is 12.3. The molecule has 4 aromatic rings. The number of hydrogen-bond donors (Lipinski definition) is 5. The fraction of sp³-hybridized carbons (Fsp3) is 0.222. The molecule has 1 unspecified atom stereocenters. The third kappa shape index (κ3) is 6.62. The predicted octanol–water partition coefficient (Wildman–Crippen LogP) is 2.30. The Morgan fingerprint density at radius 2 is 2.00 bits per heavy atom. The second kappa shape index (κ2) is 12.4. The van der Waals surface area contributed by atoms with Crippen LogP contribution in [0.4, 0.5) is 8.78 Å². The number of carbonyl (C=O) groups is 2. The fourth-order valence-corrected chi connectivity index (χ4v) is 4.39. The number of amides is 2. The van der Waals surface area contributed by atoms with E-state index in [2.05, 4.69) is 9.97 Å². The van der Waals surface area contributed by atoms with Gasteiger partial charge < -0.3 is 25.2 Å². The highest BCUT2D eigenvalue weighted by Gasteiger charge is 2.23. The van der Waals surface area contributed by atoms with E-state index in [0.717, 1.165) is 28.6 Å². The lowest BCUT2D eigenvalue weighted by Crippen LogP contribution is -2.43. The molecule has 40 heavy (non-hydrogen) atoms. The first-order valence-corrected chi connectivity index (χ1v) is 12.3. The van der Waals surface area contributed by atoms with Crippen molar-refractivity contribution in [3.05, 3.63) is 102 Å². The number of carbonyl (C=O) groups excluding carboxylic acids is 2. The van der Waals surface area contributed by atoms with Crippen LogP contribution in [0.3, 0.4) is 0 Å². The molecule has 13 heteroatoms. The smallest absolute Gasteiger partial charge is 0.254 e. The summed E-state index contributed by atoms with van der Waals surface area (Å²) in [5, 5.41) is 11.3. The summed E-state index contributed by atoms with van der Waals surface area (Å²) in [6.45, 7) is -0.115. The number of hydroxylamine groups is 1. The van der Waals surface area contributed by atoms with Gasteiger partial charge in [0.1, 0.15) is 5.82 Å². The zero-order valence-corrected chi connectivity index (χ0v) is 21.7. The standard InChI is InChI=1S/C27H30F2N8O3/c1-35-9-8-32-25(35)16-36(27(39)17-6-7-22(28)23(29)11-17)14-19(30)15-37(31)20(12-26(38)34-40)10-18-13-33-24-5-3-2-4-21(18)24/h2-9,11,13,15,20,33,40H,10,12,14,16,30-31H2,1H3,(H,34,38)/b19-15-. The van der Waals surface area contributed by atoms with Crippen LogP contribution in [0.1, 0.15) is 28.2 Å². The lowest BCUT2D eigenvalue weighted by atomic mass is 10.0. The number of nitrogens with one attached hydrogen (secondary N) is 2. The number of nitrogens with two attached hydrogens (primary N) is 2. The first kappa shape index (κ1) is 28.3. The zero-order valence-electron chi connectivity index (χ0n) is 21.7. The number of hydrazine groups is 1. The maximum absolute atomic E-state index is 13.9. The third-order valence-electron chi connectivity index (χ3n) is 6.49. The van der Waals surface area contributed by atoms with Crippen LogP contribution < -0.4 is 17.1 Å². The molecule has 0 saturated heterocycles. The van der Waals surface area contributed by atoms with Crippen LogP contribution in [0.5, 0.6) is 0 Å². The summed E-state index contributed by atoms with van der Waals surface area (Å²) in [7, 11) is 1.75. The summed E-state index contributed by atoms with van der Waals surface area (Å²) in [6.07, 6.45) is 6.68. The fourth-order valence-electron chi connectivity index (χ4n) is 4.39. The van der Waals surface area contributed by atoms with E-state index in [4.69, 9.17) is 16.8 Å². The van der Waals surface area contributed by atoms with Gasteiger partial charge in [-0.15, -0.1) is 0 Å². The molecule has 210 valence electrons. The van der Waals surface area contributed by atoms with Gasteiger partial charge in [-0.25, -0.2) is 25.1 Å². The molecule has 0 radical (unpaired) electrons. The van der Waals surface area contributed by atoms with Crippen LogP contribution in [0.25, 0.3) is 10.9 Å². The van der Waals surface area contributed by atoms with Crippen LogP contribution in [-0.4, -0.2) is 54.1 Å². The van der Waals surface area contributed by atoms with Crippen LogP contribution in [0, 0.1) is 11.6 Å². The largest absolute Gasteiger partial charge is 0.399 e. The number of hydrogen-bond acceptors (Lipinski definition) is 7. The van der Waals surface area contributed by atoms with Crippen molar-refractivity contribution in [2.24, 2.45) is 18.6 Å². The molecule has 0 aliphatic carbocycles. The minimum atomic E-state index is -1.15. The van der Waals surface area contributed by atoms with E-state index in [1.807, 2.05) is 30.5 Å². The highest BCUT2D eigenvalue weighted by atomic mass is 19.2. The number of H-pyrrole nitrogens is 1. The Morgan fingerprint density at radius 1 is 1.23 bits per heavy atom. The average molecular weight is 553 g/mol. The van der Waals surface area contributed by atoms with Gasteiger partial charge in [-0.2, -0.15) is 0 Å². The number of rotatable bonds is 11. The Morgan fingerprint density at radius 3 is 2.70 bits per heavy atom. The SMILES string of the molecule is Cn1ccnc1CN(C/C(N)=C/N(N)C(CC(=O)NO)Cc1c[nH]c2ccccc12)C(=O)c1ccc(F)c(F)c1. The van der Waals surface area contributed by atoms with E-state index in [0.29, 0.717) is 12.2 Å². The quantitative estimate of drug-likeness (QED) is 0.108. The maximum atomic E-state index is 13.9. The van der Waals surface area contributed by atoms with Crippen molar-refractivity contribution in [2.75, 3.05) is 6.54 Å². The number of nitrogens with zero attached hydrogens (tertiary/aromatic N) is 4. The lowest BCUT2D eigenvalue weighted by molar-refractivity contribution is -0.130. The molecule has 1 atom stereocenters. The number of para-hydroxylation sites is 1. The molecule has 4 rings (SSSR count). The van der Waals surface area contributed by atoms with Gasteiger partial charge in [0.2, 0.25) is 5.91 Å². The number of halogens is 2. The van der Waals surface area contributed by atoms with Gasteiger partial charge in [0, 0.05) is 54.0 Å². The number of aromatic nitrogens is 3. The average Bonchev–Trinajstić information content (AvgIpc) is 3.54. The van der Waals surface area contributed by atoms with Crippen molar-refractivity contribution in [1.82, 2.24) is 29.9 Å². The molecule has 0 aliphatic heterocycles. The van der Waals surface area contributed by atoms with Crippen LogP contribution in [-0.2, 0) is 24.8 Å². The van der Waals surface area contributed by atoms with Gasteiger partial charge in [0.25, 0.3) is 5.91 Å². The van der Waals surface area contributed by atoms with Crippen molar-refractivity contribution in [1.29, 1.82) is 0 Å². The van der Waals surface area contributed by atoms with Gasteiger partial charge in [0.05, 0.1) is 25.6 Å². The molecule has 0 saturated carbocycles. The monoisotopic (exact) mass is 552 g/mol. The first-order chi connectivity index (χ1) is 19.2. The van der Waals surface area contributed by atoms with Crippen LogP contribution >= 0.6 is 0 Å². The summed E-state index contributed by atoms with van der Waals surface area (Å²) in [4.78, 5) is 34.1. The Balaban J connectivity index is 1.58. The third-order valence-corrected chi connectivity index (χ3v) is 6.49. The molecule has 2 aromatic carbocycles. The summed E-state index contributed by atoms with van der Waals surface area (Å²) in [6, 6.07) is 9.93. The van der Waals surface area contributed by atoms with Gasteiger partial charge >= 0.3 is 0 Å². The normalized spacial score (nSPS) is 12.4. The van der Waals surface area contributed by atoms with E-state index in [9.17, 15) is 18.4 Å². The lowest BCUT2D eigenvalue weighted by Gasteiger charge is -2.28. The Hall–Kier alpha value is -4.75. The Kier molecular flexibility index (Phi) is 8.76. The van der Waals surface area contributed by atoms with Gasteiger partial charge in [0.15, 0.2) is 11.6 Å². The van der Waals surface area contributed by atoms with Crippen LogP contribution in [0.2, 0.25) is 0 Å². The molecule has 11 nitrogen and oxygen atoms in total. The topological polar surface area (TPSA) is 159 Å². The van der Waals surface area contributed by atoms with Gasteiger partial charge in [-0.1, -0.05) is 18.2 Å². The van der Waals surface area contributed by atoms with Crippen molar-refractivity contribution >= 4 is 22.7 Å². The van der Waals surface area contributed by atoms with Crippen molar-refractivity contribution in [3.63, 3.8) is 0 Å². The van der Waals surface area contributed by atoms with Crippen molar-refractivity contribution in [2.45, 2.75) is 25.4 Å². The molecule has 2 amide bonds. The predicted molar refractivity (Wildman–Crippen MR) is 143 cm³/mol. The summed E-state index contributed by atoms with van der Waals surface area (Å²) in [5.41, 5.74) is 9.84. The number of benzene rings is 2. The second-order valence-corrected chi connectivity index (χ2v) is 9.35. The molecular formula is C27H30F2N8O3. The van der Waals surface area contributed by atoms with E-state index in [1.165, 1.54) is 22.2 Å². The molecule has 0 spiro atoms. The highest BCUT2D eigenvalue weighted by Crippen LogP contribution is 2.21. The van der Waals surface area contributed by atoms with Crippen LogP contribution in [0.15, 0.2) is 73.0 Å². The molecular weight excluding hydrogens is 522 g/mol. The van der Waals surface area contributed by atoms with E-state index in [-0.39, 0.29) is 30.8 Å². The Bertz CT molecular complexity index is 1530. The molecule has 0 bridgehead atoms. The second-order valence-electron chi connectivity index (χ2n) is 9.35. The van der Waals surface area contributed by atoms with E-state index < -0.39 is 29.5 Å². The highest BCUT2D eigenvalue weighted by molar-refractivity contribution is 5.94. The summed E-state index contributed by atoms with van der Waals surface area (Å²) >= 11 is 0. The van der Waals surface area contributed by atoms with Gasteiger partial charge in [-0.3, -0.25) is 14.8 Å². The summed E-state index contributed by atoms with van der Waals surface area (Å²) in [5.74, 6) is 3.41. The van der Waals surface area contributed by atoms with E-state index >= 15 is 0 Å². The number of fused-ring (bicyclic) bond motifs is 1. The molecule has 2 heterocycles. The zero-order chi connectivity index (χ0) is 28.8. The van der Waals surface area contributed by atoms with Crippen molar-refractivity contribution < 1.29 is 23.6 Å². The van der Waals surface area contributed by atoms with Crippen molar-refractivity contribution in [3.8, 4) is 0 Å². The minimum absolute atomic E-state index is 0.0200. The molecule has 7 N–H and O–H groups in total. The molecule has 0 fully saturated rings. The number of imidazole rings is 1. The minimum Gasteiger partial charge on any atom is -0.399 e. The van der Waals surface area contributed by atoms with E-state index in [1.54, 1.807) is 29.5 Å². The molecule has 0 aliphatic rings. The molecule has 2 aromatic heterocycles. The van der Waals surface area contributed by atoms with Gasteiger partial charge in [-0.05, 0) is 36.2 Å². The number of aryl methyl sites for hydroxylation is 1. The maximum Gasteiger partial charge on any atom is 0.254 e. The Labute approximate surface area is 228 Å².